The van der Waals surface area contributed by atoms with Crippen LogP contribution in [0.1, 0.15) is 4.88 Å². The van der Waals surface area contributed by atoms with Crippen molar-refractivity contribution in [2.75, 3.05) is 13.1 Å². The Morgan fingerprint density at radius 3 is 2.94 bits per heavy atom. The SMILES string of the molecule is C=CCN(C/C(=N/O)c1cccs1)B(C)O. The third-order valence-electron chi connectivity index (χ3n) is 2.17. The Labute approximate surface area is 99.6 Å². The molecule has 0 fully saturated rings. The van der Waals surface area contributed by atoms with Crippen molar-refractivity contribution in [3.8, 4) is 0 Å². The molecule has 1 heterocycles. The molecule has 0 spiro atoms. The zero-order valence-corrected chi connectivity index (χ0v) is 10.0. The van der Waals surface area contributed by atoms with Gasteiger partial charge in [0.1, 0.15) is 5.71 Å². The summed E-state index contributed by atoms with van der Waals surface area (Å²) >= 11 is 1.50. The van der Waals surface area contributed by atoms with E-state index in [0.29, 0.717) is 18.8 Å². The van der Waals surface area contributed by atoms with Crippen LogP contribution in [0.2, 0.25) is 6.82 Å². The molecule has 0 amide bonds. The predicted molar refractivity (Wildman–Crippen MR) is 68.2 cm³/mol. The molecule has 0 radical (unpaired) electrons. The average Bonchev–Trinajstić information content (AvgIpc) is 2.77. The van der Waals surface area contributed by atoms with Gasteiger partial charge in [-0.15, -0.1) is 17.9 Å². The summed E-state index contributed by atoms with van der Waals surface area (Å²) in [6.07, 6.45) is 1.70. The van der Waals surface area contributed by atoms with Gasteiger partial charge in [-0.1, -0.05) is 17.3 Å². The highest BCUT2D eigenvalue weighted by Crippen LogP contribution is 2.11. The lowest BCUT2D eigenvalue weighted by Gasteiger charge is -2.21. The molecule has 16 heavy (non-hydrogen) atoms. The lowest BCUT2D eigenvalue weighted by molar-refractivity contribution is 0.315. The van der Waals surface area contributed by atoms with E-state index in [-0.39, 0.29) is 0 Å². The number of thiophene rings is 1. The number of hydrogen-bond acceptors (Lipinski definition) is 5. The summed E-state index contributed by atoms with van der Waals surface area (Å²) in [7, 11) is -0.602. The average molecular weight is 238 g/mol. The minimum atomic E-state index is -0.602. The summed E-state index contributed by atoms with van der Waals surface area (Å²) in [4.78, 5) is 2.65. The molecule has 0 aromatic carbocycles. The van der Waals surface area contributed by atoms with Crippen molar-refractivity contribution in [1.29, 1.82) is 0 Å². The van der Waals surface area contributed by atoms with Crippen molar-refractivity contribution in [3.63, 3.8) is 0 Å². The summed E-state index contributed by atoms with van der Waals surface area (Å²) in [5, 5.41) is 23.7. The van der Waals surface area contributed by atoms with E-state index in [1.807, 2.05) is 17.5 Å². The maximum atomic E-state index is 9.53. The Morgan fingerprint density at radius 1 is 1.75 bits per heavy atom. The Hall–Kier alpha value is -1.11. The van der Waals surface area contributed by atoms with Crippen LogP contribution in [0.3, 0.4) is 0 Å². The zero-order chi connectivity index (χ0) is 12.0. The third-order valence-corrected chi connectivity index (χ3v) is 3.09. The summed E-state index contributed by atoms with van der Waals surface area (Å²) in [5.41, 5.74) is 0.553. The minimum Gasteiger partial charge on any atom is -0.437 e. The second-order valence-corrected chi connectivity index (χ2v) is 4.32. The van der Waals surface area contributed by atoms with Gasteiger partial charge in [-0.25, -0.2) is 0 Å². The van der Waals surface area contributed by atoms with E-state index in [2.05, 4.69) is 11.7 Å². The van der Waals surface area contributed by atoms with Crippen molar-refractivity contribution < 1.29 is 10.2 Å². The first-order chi connectivity index (χ1) is 7.69. The van der Waals surface area contributed by atoms with Gasteiger partial charge in [0.2, 0.25) is 0 Å². The van der Waals surface area contributed by atoms with Crippen molar-refractivity contribution in [1.82, 2.24) is 4.81 Å². The predicted octanol–water partition coefficient (Wildman–Crippen LogP) is 1.52. The summed E-state index contributed by atoms with van der Waals surface area (Å²) < 4.78 is 0. The summed E-state index contributed by atoms with van der Waals surface area (Å²) in [6.45, 7) is 6.23. The fraction of sp³-hybridized carbons (Fsp3) is 0.300. The van der Waals surface area contributed by atoms with E-state index < -0.39 is 7.05 Å². The molecule has 0 aliphatic heterocycles. The first kappa shape index (κ1) is 13.0. The normalized spacial score (nSPS) is 11.8. The lowest BCUT2D eigenvalue weighted by atomic mass is 9.84. The van der Waals surface area contributed by atoms with Crippen LogP contribution < -0.4 is 0 Å². The Kier molecular flexibility index (Phi) is 5.24. The monoisotopic (exact) mass is 238 g/mol. The minimum absolute atomic E-state index is 0.390. The highest BCUT2D eigenvalue weighted by molar-refractivity contribution is 7.12. The van der Waals surface area contributed by atoms with Crippen molar-refractivity contribution in [2.45, 2.75) is 6.82 Å². The smallest absolute Gasteiger partial charge is 0.377 e. The Bertz CT molecular complexity index is 352. The molecule has 0 aliphatic rings. The van der Waals surface area contributed by atoms with Gasteiger partial charge in [-0.2, -0.15) is 0 Å². The van der Waals surface area contributed by atoms with E-state index >= 15 is 0 Å². The second-order valence-electron chi connectivity index (χ2n) is 3.37. The van der Waals surface area contributed by atoms with E-state index in [4.69, 9.17) is 5.21 Å². The molecule has 0 saturated heterocycles. The second kappa shape index (κ2) is 6.47. The van der Waals surface area contributed by atoms with Gasteiger partial charge < -0.3 is 15.0 Å². The molecule has 0 aliphatic carbocycles. The van der Waals surface area contributed by atoms with Gasteiger partial charge in [0.25, 0.3) is 0 Å². The van der Waals surface area contributed by atoms with Gasteiger partial charge in [-0.05, 0) is 18.3 Å². The maximum Gasteiger partial charge on any atom is 0.377 e. The summed E-state index contributed by atoms with van der Waals surface area (Å²) in [5.74, 6) is 0. The molecule has 6 heteroatoms. The molecule has 1 rings (SSSR count). The van der Waals surface area contributed by atoms with Crippen LogP contribution in [0.25, 0.3) is 0 Å². The Balaban J connectivity index is 2.72. The highest BCUT2D eigenvalue weighted by Gasteiger charge is 2.18. The van der Waals surface area contributed by atoms with Gasteiger partial charge in [0, 0.05) is 13.1 Å². The molecular formula is C10H15BN2O2S. The topological polar surface area (TPSA) is 56.1 Å². The van der Waals surface area contributed by atoms with E-state index in [1.54, 1.807) is 17.7 Å². The molecule has 1 aromatic rings. The van der Waals surface area contributed by atoms with Crippen molar-refractivity contribution in [3.05, 3.63) is 35.0 Å². The van der Waals surface area contributed by atoms with Crippen molar-refractivity contribution >= 4 is 24.1 Å². The maximum absolute atomic E-state index is 9.53. The fourth-order valence-electron chi connectivity index (χ4n) is 1.31. The van der Waals surface area contributed by atoms with Crippen LogP contribution in [-0.2, 0) is 0 Å². The third kappa shape index (κ3) is 3.48. The first-order valence-corrected chi connectivity index (χ1v) is 5.84. The van der Waals surface area contributed by atoms with Gasteiger partial charge >= 0.3 is 7.05 Å². The van der Waals surface area contributed by atoms with Crippen LogP contribution in [0.5, 0.6) is 0 Å². The quantitative estimate of drug-likeness (QED) is 0.260. The molecule has 1 aromatic heterocycles. The van der Waals surface area contributed by atoms with Crippen LogP contribution in [0.15, 0.2) is 35.3 Å². The number of oxime groups is 1. The van der Waals surface area contributed by atoms with E-state index in [0.717, 1.165) is 4.88 Å². The summed E-state index contributed by atoms with van der Waals surface area (Å²) in [6, 6.07) is 3.78. The standard InChI is InChI=1S/C10H15BN2O2S/c1-3-6-13(11(2)14)8-9(12-15)10-5-4-7-16-10/h3-5,7,14-15H,1,6,8H2,2H3/b12-9-. The van der Waals surface area contributed by atoms with Crippen LogP contribution in [0, 0.1) is 0 Å². The van der Waals surface area contributed by atoms with Gasteiger partial charge in [0.15, 0.2) is 0 Å². The van der Waals surface area contributed by atoms with Gasteiger partial charge in [0.05, 0.1) is 4.88 Å². The molecular weight excluding hydrogens is 223 g/mol. The molecule has 0 atom stereocenters. The number of nitrogens with zero attached hydrogens (tertiary/aromatic N) is 2. The first-order valence-electron chi connectivity index (χ1n) is 4.97. The lowest BCUT2D eigenvalue weighted by Crippen LogP contribution is -2.41. The largest absolute Gasteiger partial charge is 0.437 e. The molecule has 2 N–H and O–H groups in total. The molecule has 0 bridgehead atoms. The molecule has 86 valence electrons. The van der Waals surface area contributed by atoms with Crippen molar-refractivity contribution in [2.24, 2.45) is 5.16 Å². The molecule has 0 saturated carbocycles. The molecule has 4 nitrogen and oxygen atoms in total. The van der Waals surface area contributed by atoms with Crippen LogP contribution >= 0.6 is 11.3 Å². The Morgan fingerprint density at radius 2 is 2.50 bits per heavy atom. The van der Waals surface area contributed by atoms with Crippen LogP contribution in [-0.4, -0.2) is 40.9 Å². The van der Waals surface area contributed by atoms with E-state index in [1.165, 1.54) is 11.3 Å². The highest BCUT2D eigenvalue weighted by atomic mass is 32.1. The zero-order valence-electron chi connectivity index (χ0n) is 9.21. The van der Waals surface area contributed by atoms with E-state index in [9.17, 15) is 5.02 Å². The van der Waals surface area contributed by atoms with Crippen LogP contribution in [0.4, 0.5) is 0 Å². The number of rotatable bonds is 6. The number of hydrogen-bond donors (Lipinski definition) is 2. The van der Waals surface area contributed by atoms with Gasteiger partial charge in [-0.3, -0.25) is 0 Å². The molecule has 0 unspecified atom stereocenters. The fourth-order valence-corrected chi connectivity index (χ4v) is 2.01.